The summed E-state index contributed by atoms with van der Waals surface area (Å²) in [6.07, 6.45) is 0.942. The molecule has 1 aromatic carbocycles. The molecule has 0 fully saturated rings. The molecule has 0 saturated heterocycles. The summed E-state index contributed by atoms with van der Waals surface area (Å²) in [4.78, 5) is 4.37. The van der Waals surface area contributed by atoms with Crippen molar-refractivity contribution in [1.82, 2.24) is 10.1 Å². The molecule has 1 unspecified atom stereocenters. The summed E-state index contributed by atoms with van der Waals surface area (Å²) < 4.78 is 16.0. The summed E-state index contributed by atoms with van der Waals surface area (Å²) in [5.41, 5.74) is 6.20. The first-order valence-electron chi connectivity index (χ1n) is 6.92. The van der Waals surface area contributed by atoms with Gasteiger partial charge in [0.15, 0.2) is 5.82 Å². The van der Waals surface area contributed by atoms with Gasteiger partial charge in [0.2, 0.25) is 0 Å². The van der Waals surface area contributed by atoms with E-state index < -0.39 is 5.54 Å². The topological polar surface area (TPSA) is 83.4 Å². The standard InChI is InChI=1S/C15H21N3O3/c1-4-8-20-10-15(2,16)14-17-13(21-18-14)11-6-5-7-12(9-11)19-3/h5-7,9H,4,8,10,16H2,1-3H3. The van der Waals surface area contributed by atoms with E-state index in [2.05, 4.69) is 10.1 Å². The van der Waals surface area contributed by atoms with E-state index in [1.807, 2.05) is 38.1 Å². The molecule has 0 aliphatic heterocycles. The van der Waals surface area contributed by atoms with Gasteiger partial charge in [-0.25, -0.2) is 0 Å². The van der Waals surface area contributed by atoms with Crippen molar-refractivity contribution in [3.63, 3.8) is 0 Å². The molecule has 0 amide bonds. The number of rotatable bonds is 7. The van der Waals surface area contributed by atoms with Gasteiger partial charge in [0.05, 0.1) is 13.7 Å². The molecule has 2 N–H and O–H groups in total. The Hall–Kier alpha value is -1.92. The van der Waals surface area contributed by atoms with Crippen molar-refractivity contribution in [2.24, 2.45) is 5.73 Å². The predicted molar refractivity (Wildman–Crippen MR) is 78.9 cm³/mol. The number of hydrogen-bond donors (Lipinski definition) is 1. The van der Waals surface area contributed by atoms with Gasteiger partial charge in [-0.3, -0.25) is 0 Å². The van der Waals surface area contributed by atoms with Crippen LogP contribution in [0, 0.1) is 0 Å². The maximum atomic E-state index is 6.19. The first kappa shape index (κ1) is 15.5. The molecule has 0 bridgehead atoms. The highest BCUT2D eigenvalue weighted by molar-refractivity contribution is 5.55. The minimum absolute atomic E-state index is 0.345. The maximum Gasteiger partial charge on any atom is 0.258 e. The molecule has 0 aliphatic rings. The summed E-state index contributed by atoms with van der Waals surface area (Å²) in [6, 6.07) is 7.43. The SMILES string of the molecule is CCCOCC(C)(N)c1noc(-c2cccc(OC)c2)n1. The second-order valence-corrected chi connectivity index (χ2v) is 5.13. The summed E-state index contributed by atoms with van der Waals surface area (Å²) in [5, 5.41) is 3.97. The molecule has 0 spiro atoms. The van der Waals surface area contributed by atoms with E-state index in [1.54, 1.807) is 7.11 Å². The largest absolute Gasteiger partial charge is 0.497 e. The molecule has 6 nitrogen and oxygen atoms in total. The van der Waals surface area contributed by atoms with E-state index in [9.17, 15) is 0 Å². The minimum Gasteiger partial charge on any atom is -0.497 e. The lowest BCUT2D eigenvalue weighted by molar-refractivity contribution is 0.0867. The van der Waals surface area contributed by atoms with Crippen LogP contribution in [-0.2, 0) is 10.3 Å². The second-order valence-electron chi connectivity index (χ2n) is 5.13. The van der Waals surface area contributed by atoms with Gasteiger partial charge in [-0.05, 0) is 31.5 Å². The summed E-state index contributed by atoms with van der Waals surface area (Å²) in [7, 11) is 1.61. The Morgan fingerprint density at radius 2 is 2.19 bits per heavy atom. The van der Waals surface area contributed by atoms with Gasteiger partial charge >= 0.3 is 0 Å². The van der Waals surface area contributed by atoms with Gasteiger partial charge in [-0.2, -0.15) is 4.98 Å². The van der Waals surface area contributed by atoms with Gasteiger partial charge in [0, 0.05) is 12.2 Å². The third-order valence-corrected chi connectivity index (χ3v) is 3.00. The molecular formula is C15H21N3O3. The van der Waals surface area contributed by atoms with E-state index in [-0.39, 0.29) is 0 Å². The number of hydrogen-bond acceptors (Lipinski definition) is 6. The molecule has 0 saturated carbocycles. The van der Waals surface area contributed by atoms with Crippen molar-refractivity contribution < 1.29 is 14.0 Å². The van der Waals surface area contributed by atoms with E-state index in [0.29, 0.717) is 24.9 Å². The normalized spacial score (nSPS) is 13.9. The number of methoxy groups -OCH3 is 1. The Bertz CT molecular complexity index is 581. The Kier molecular flexibility index (Phi) is 4.93. The Balaban J connectivity index is 2.16. The molecule has 6 heteroatoms. The van der Waals surface area contributed by atoms with E-state index in [1.165, 1.54) is 0 Å². The molecule has 114 valence electrons. The molecule has 0 radical (unpaired) electrons. The second kappa shape index (κ2) is 6.69. The number of ether oxygens (including phenoxy) is 2. The summed E-state index contributed by atoms with van der Waals surface area (Å²) in [5.74, 6) is 1.57. The summed E-state index contributed by atoms with van der Waals surface area (Å²) in [6.45, 7) is 4.87. The first-order chi connectivity index (χ1) is 10.1. The quantitative estimate of drug-likeness (QED) is 0.788. The monoisotopic (exact) mass is 291 g/mol. The molecule has 21 heavy (non-hydrogen) atoms. The van der Waals surface area contributed by atoms with Gasteiger partial charge in [0.25, 0.3) is 5.89 Å². The van der Waals surface area contributed by atoms with Crippen LogP contribution in [0.15, 0.2) is 28.8 Å². The highest BCUT2D eigenvalue weighted by Crippen LogP contribution is 2.24. The van der Waals surface area contributed by atoms with Crippen LogP contribution >= 0.6 is 0 Å². The number of nitrogens with two attached hydrogens (primary N) is 1. The average molecular weight is 291 g/mol. The number of aromatic nitrogens is 2. The van der Waals surface area contributed by atoms with Crippen LogP contribution in [0.2, 0.25) is 0 Å². The average Bonchev–Trinajstić information content (AvgIpc) is 2.98. The van der Waals surface area contributed by atoms with Crippen molar-refractivity contribution in [2.75, 3.05) is 20.3 Å². The molecule has 0 aliphatic carbocycles. The minimum atomic E-state index is -0.782. The number of benzene rings is 1. The first-order valence-corrected chi connectivity index (χ1v) is 6.92. The molecule has 2 aromatic rings. The van der Waals surface area contributed by atoms with Crippen LogP contribution < -0.4 is 10.5 Å². The lowest BCUT2D eigenvalue weighted by atomic mass is 10.1. The third kappa shape index (κ3) is 3.80. The van der Waals surface area contributed by atoms with Crippen molar-refractivity contribution in [3.8, 4) is 17.2 Å². The van der Waals surface area contributed by atoms with Gasteiger partial charge in [-0.1, -0.05) is 18.1 Å². The van der Waals surface area contributed by atoms with Crippen molar-refractivity contribution in [3.05, 3.63) is 30.1 Å². The molecular weight excluding hydrogens is 270 g/mol. The smallest absolute Gasteiger partial charge is 0.258 e. The predicted octanol–water partition coefficient (Wildman–Crippen LogP) is 2.35. The van der Waals surface area contributed by atoms with Gasteiger partial charge in [0.1, 0.15) is 11.3 Å². The maximum absolute atomic E-state index is 6.19. The molecule has 2 rings (SSSR count). The molecule has 1 heterocycles. The van der Waals surface area contributed by atoms with Crippen LogP contribution in [0.1, 0.15) is 26.1 Å². The van der Waals surface area contributed by atoms with Crippen LogP contribution in [-0.4, -0.2) is 30.5 Å². The van der Waals surface area contributed by atoms with E-state index in [0.717, 1.165) is 17.7 Å². The molecule has 1 atom stereocenters. The fourth-order valence-corrected chi connectivity index (χ4v) is 1.82. The lowest BCUT2D eigenvalue weighted by Gasteiger charge is -2.19. The highest BCUT2D eigenvalue weighted by atomic mass is 16.5. The van der Waals surface area contributed by atoms with Crippen LogP contribution in [0.5, 0.6) is 5.75 Å². The zero-order valence-corrected chi connectivity index (χ0v) is 12.6. The summed E-state index contributed by atoms with van der Waals surface area (Å²) >= 11 is 0. The zero-order valence-electron chi connectivity index (χ0n) is 12.6. The van der Waals surface area contributed by atoms with Gasteiger partial charge < -0.3 is 19.7 Å². The number of nitrogens with zero attached hydrogens (tertiary/aromatic N) is 2. The third-order valence-electron chi connectivity index (χ3n) is 3.00. The van der Waals surface area contributed by atoms with E-state index in [4.69, 9.17) is 19.7 Å². The fraction of sp³-hybridized carbons (Fsp3) is 0.467. The Morgan fingerprint density at radius 1 is 1.38 bits per heavy atom. The fourth-order valence-electron chi connectivity index (χ4n) is 1.82. The Labute approximate surface area is 124 Å². The zero-order chi connectivity index (χ0) is 15.3. The van der Waals surface area contributed by atoms with Gasteiger partial charge in [-0.15, -0.1) is 0 Å². The van der Waals surface area contributed by atoms with E-state index >= 15 is 0 Å². The molecule has 1 aromatic heterocycles. The Morgan fingerprint density at radius 3 is 2.90 bits per heavy atom. The lowest BCUT2D eigenvalue weighted by Crippen LogP contribution is -2.39. The van der Waals surface area contributed by atoms with Crippen molar-refractivity contribution in [1.29, 1.82) is 0 Å². The van der Waals surface area contributed by atoms with Crippen LogP contribution in [0.3, 0.4) is 0 Å². The van der Waals surface area contributed by atoms with Crippen molar-refractivity contribution >= 4 is 0 Å². The van der Waals surface area contributed by atoms with Crippen LogP contribution in [0.25, 0.3) is 11.5 Å². The van der Waals surface area contributed by atoms with Crippen molar-refractivity contribution in [2.45, 2.75) is 25.8 Å². The van der Waals surface area contributed by atoms with Crippen LogP contribution in [0.4, 0.5) is 0 Å². The highest BCUT2D eigenvalue weighted by Gasteiger charge is 2.28.